The molecule has 0 saturated heterocycles. The molecule has 0 aromatic heterocycles. The highest BCUT2D eigenvalue weighted by Gasteiger charge is 2.42. The molecule has 0 spiro atoms. The van der Waals surface area contributed by atoms with Gasteiger partial charge in [0.05, 0.1) is 11.5 Å². The van der Waals surface area contributed by atoms with E-state index in [0.717, 1.165) is 0 Å². The van der Waals surface area contributed by atoms with Crippen molar-refractivity contribution < 1.29 is 18.4 Å². The first kappa shape index (κ1) is 22.5. The van der Waals surface area contributed by atoms with E-state index >= 15 is 0 Å². The van der Waals surface area contributed by atoms with Crippen molar-refractivity contribution in [3.63, 3.8) is 0 Å². The number of thioether (sulfide) groups is 2. The molecule has 2 atom stereocenters. The van der Waals surface area contributed by atoms with Crippen LogP contribution in [0.25, 0.3) is 0 Å². The number of hydrazine groups is 1. The molecule has 2 aliphatic rings. The Labute approximate surface area is 192 Å². The first-order chi connectivity index (χ1) is 15.3. The van der Waals surface area contributed by atoms with Crippen molar-refractivity contribution in [2.75, 3.05) is 11.5 Å². The summed E-state index contributed by atoms with van der Waals surface area (Å²) in [5.41, 5.74) is 0.896. The molecule has 166 valence electrons. The fourth-order valence-corrected chi connectivity index (χ4v) is 5.37. The monoisotopic (exact) mass is 474 g/mol. The molecule has 0 amide bonds. The lowest BCUT2D eigenvalue weighted by molar-refractivity contribution is 0.101. The third-order valence-corrected chi connectivity index (χ3v) is 6.84. The molecule has 0 unspecified atom stereocenters. The summed E-state index contributed by atoms with van der Waals surface area (Å²) in [6.07, 6.45) is -0.453. The van der Waals surface area contributed by atoms with E-state index in [4.69, 9.17) is 0 Å². The van der Waals surface area contributed by atoms with Crippen LogP contribution >= 0.6 is 23.5 Å². The molecule has 32 heavy (non-hydrogen) atoms. The van der Waals surface area contributed by atoms with E-state index in [9.17, 15) is 18.4 Å². The molecule has 0 N–H and O–H groups in total. The van der Waals surface area contributed by atoms with Gasteiger partial charge in [-0.3, -0.25) is 9.59 Å². The van der Waals surface area contributed by atoms with E-state index in [1.165, 1.54) is 72.1 Å². The largest absolute Gasteiger partial charge is 0.293 e. The molecule has 0 radical (unpaired) electrons. The minimum absolute atomic E-state index is 0.115. The molecule has 0 bridgehead atoms. The van der Waals surface area contributed by atoms with E-state index in [1.54, 1.807) is 0 Å². The summed E-state index contributed by atoms with van der Waals surface area (Å²) in [7, 11) is 0. The highest BCUT2D eigenvalue weighted by atomic mass is 32.2. The Kier molecular flexibility index (Phi) is 6.61. The first-order valence-corrected chi connectivity index (χ1v) is 11.9. The van der Waals surface area contributed by atoms with Gasteiger partial charge in [0.25, 0.3) is 0 Å². The van der Waals surface area contributed by atoms with Gasteiger partial charge in [-0.05, 0) is 62.4 Å². The lowest BCUT2D eigenvalue weighted by atomic mass is 10.1. The zero-order chi connectivity index (χ0) is 22.8. The topological polar surface area (TPSA) is 65.3 Å². The van der Waals surface area contributed by atoms with Crippen molar-refractivity contribution in [3.8, 4) is 0 Å². The number of carbonyl (C=O) groups is 2. The van der Waals surface area contributed by atoms with Crippen LogP contribution in [0.5, 0.6) is 0 Å². The van der Waals surface area contributed by atoms with Gasteiger partial charge in [-0.25, -0.2) is 28.8 Å². The second kappa shape index (κ2) is 9.41. The summed E-state index contributed by atoms with van der Waals surface area (Å²) in [6, 6.07) is 10.9. The van der Waals surface area contributed by atoms with Crippen molar-refractivity contribution in [2.24, 2.45) is 9.98 Å². The van der Waals surface area contributed by atoms with Crippen LogP contribution in [-0.4, -0.2) is 55.8 Å². The number of fused-ring (bicyclic) bond motifs is 1. The number of aliphatic imine (C=N–C) groups is 2. The van der Waals surface area contributed by atoms with Gasteiger partial charge in [-0.1, -0.05) is 23.5 Å². The zero-order valence-electron chi connectivity index (χ0n) is 17.4. The van der Waals surface area contributed by atoms with Gasteiger partial charge in [-0.2, -0.15) is 0 Å². The SMILES string of the molecule is C[C@@H]1N=C(SCC(=O)c2ccc(F)cc2)N2[C@H](C)N=C(SCC(=O)c3ccc(F)cc3)N12. The number of ketones is 2. The Morgan fingerprint density at radius 2 is 1.09 bits per heavy atom. The number of carbonyl (C=O) groups excluding carboxylic acids is 2. The van der Waals surface area contributed by atoms with Gasteiger partial charge >= 0.3 is 0 Å². The average molecular weight is 475 g/mol. The maximum absolute atomic E-state index is 13.1. The predicted octanol–water partition coefficient (Wildman–Crippen LogP) is 4.45. The van der Waals surface area contributed by atoms with Gasteiger partial charge in [0.1, 0.15) is 24.0 Å². The van der Waals surface area contributed by atoms with Crippen molar-refractivity contribution in [1.29, 1.82) is 0 Å². The molecular weight excluding hydrogens is 454 g/mol. The summed E-state index contributed by atoms with van der Waals surface area (Å²) >= 11 is 2.61. The van der Waals surface area contributed by atoms with Gasteiger partial charge in [0.2, 0.25) is 0 Å². The van der Waals surface area contributed by atoms with Crippen molar-refractivity contribution in [1.82, 2.24) is 10.0 Å². The molecule has 2 aliphatic heterocycles. The van der Waals surface area contributed by atoms with Gasteiger partial charge in [0, 0.05) is 11.1 Å². The van der Waals surface area contributed by atoms with E-state index in [2.05, 4.69) is 9.98 Å². The van der Waals surface area contributed by atoms with Crippen LogP contribution in [0.2, 0.25) is 0 Å². The second-order valence-corrected chi connectivity index (χ2v) is 9.10. The van der Waals surface area contributed by atoms with Crippen LogP contribution in [0.15, 0.2) is 58.5 Å². The van der Waals surface area contributed by atoms with Gasteiger partial charge in [-0.15, -0.1) is 0 Å². The fourth-order valence-electron chi connectivity index (χ4n) is 3.32. The minimum Gasteiger partial charge on any atom is -0.293 e. The van der Waals surface area contributed by atoms with Crippen molar-refractivity contribution in [3.05, 3.63) is 71.3 Å². The van der Waals surface area contributed by atoms with E-state index < -0.39 is 0 Å². The third kappa shape index (κ3) is 4.71. The summed E-state index contributed by atoms with van der Waals surface area (Å²) in [6.45, 7) is 3.83. The molecule has 0 aliphatic carbocycles. The average Bonchev–Trinajstić information content (AvgIpc) is 3.29. The lowest BCUT2D eigenvalue weighted by Gasteiger charge is -2.29. The zero-order valence-corrected chi connectivity index (χ0v) is 19.0. The maximum Gasteiger partial charge on any atom is 0.183 e. The number of nitrogens with zero attached hydrogens (tertiary/aromatic N) is 4. The molecule has 2 aromatic carbocycles. The summed E-state index contributed by atoms with van der Waals surface area (Å²) < 4.78 is 26.2. The Morgan fingerprint density at radius 3 is 1.44 bits per heavy atom. The van der Waals surface area contributed by atoms with Gasteiger partial charge in [0.15, 0.2) is 21.9 Å². The molecule has 0 saturated carbocycles. The van der Waals surface area contributed by atoms with Crippen LogP contribution in [0, 0.1) is 11.6 Å². The molecule has 6 nitrogen and oxygen atoms in total. The summed E-state index contributed by atoms with van der Waals surface area (Å²) in [4.78, 5) is 34.2. The Hall–Kier alpha value is -2.72. The molecule has 2 aromatic rings. The number of Topliss-reactive ketones (excluding diaryl/α,β-unsaturated/α-hetero) is 2. The fraction of sp³-hybridized carbons (Fsp3) is 0.273. The molecular formula is C22H20F2N4O2S2. The molecule has 4 rings (SSSR count). The number of rotatable bonds is 6. The van der Waals surface area contributed by atoms with E-state index in [0.29, 0.717) is 21.5 Å². The number of hydrogen-bond donors (Lipinski definition) is 0. The molecule has 10 heteroatoms. The summed E-state index contributed by atoms with van der Waals surface area (Å²) in [5.74, 6) is -0.665. The van der Waals surface area contributed by atoms with E-state index in [1.807, 2.05) is 23.9 Å². The number of amidine groups is 2. The Bertz CT molecular complexity index is 1000. The predicted molar refractivity (Wildman–Crippen MR) is 124 cm³/mol. The number of halogens is 2. The quantitative estimate of drug-likeness (QED) is 0.577. The normalized spacial score (nSPS) is 19.6. The van der Waals surface area contributed by atoms with Crippen molar-refractivity contribution >= 4 is 45.4 Å². The second-order valence-electron chi connectivity index (χ2n) is 7.21. The first-order valence-electron chi connectivity index (χ1n) is 9.90. The van der Waals surface area contributed by atoms with Gasteiger partial charge < -0.3 is 0 Å². The standard InChI is InChI=1S/C22H20F2N4O2S2/c1-13-25-21(31-11-19(29)15-3-7-17(23)8-4-15)28-14(2)26-22(27(13)28)32-12-20(30)16-5-9-18(24)10-6-16/h3-10,13-14H,11-12H2,1-2H3/t13-,14-/m1/s1. The Balaban J connectivity index is 1.36. The number of benzene rings is 2. The van der Waals surface area contributed by atoms with Crippen LogP contribution < -0.4 is 0 Å². The van der Waals surface area contributed by atoms with Crippen LogP contribution in [0.1, 0.15) is 34.6 Å². The Morgan fingerprint density at radius 1 is 0.750 bits per heavy atom. The lowest BCUT2D eigenvalue weighted by Crippen LogP contribution is -2.44. The molecule has 0 fully saturated rings. The van der Waals surface area contributed by atoms with E-state index in [-0.39, 0.29) is 47.0 Å². The third-order valence-electron chi connectivity index (χ3n) is 4.92. The van der Waals surface area contributed by atoms with Crippen LogP contribution in [0.3, 0.4) is 0 Å². The summed E-state index contributed by atoms with van der Waals surface area (Å²) in [5, 5.41) is 5.17. The highest BCUT2D eigenvalue weighted by molar-refractivity contribution is 8.15. The number of hydrogen-bond acceptors (Lipinski definition) is 8. The highest BCUT2D eigenvalue weighted by Crippen LogP contribution is 2.34. The van der Waals surface area contributed by atoms with Crippen molar-refractivity contribution in [2.45, 2.75) is 26.2 Å². The van der Waals surface area contributed by atoms with Crippen LogP contribution in [-0.2, 0) is 0 Å². The maximum atomic E-state index is 13.1. The smallest absolute Gasteiger partial charge is 0.183 e. The molecule has 2 heterocycles. The minimum atomic E-state index is -0.384. The van der Waals surface area contributed by atoms with Crippen LogP contribution in [0.4, 0.5) is 8.78 Å².